The minimum Gasteiger partial charge on any atom is -0.376 e. The van der Waals surface area contributed by atoms with E-state index in [2.05, 4.69) is 15.3 Å². The summed E-state index contributed by atoms with van der Waals surface area (Å²) in [6.07, 6.45) is -0.619. The smallest absolute Gasteiger partial charge is 0.258 e. The van der Waals surface area contributed by atoms with Gasteiger partial charge < -0.3 is 9.47 Å². The van der Waals surface area contributed by atoms with Crippen LogP contribution < -0.4 is 5.32 Å². The Morgan fingerprint density at radius 3 is 3.00 bits per heavy atom. The Labute approximate surface area is 103 Å². The van der Waals surface area contributed by atoms with Crippen molar-refractivity contribution < 1.29 is 14.3 Å². The van der Waals surface area contributed by atoms with Gasteiger partial charge in [-0.3, -0.25) is 10.1 Å². The number of hydrogen-bond acceptors (Lipinski definition) is 5. The van der Waals surface area contributed by atoms with Crippen LogP contribution in [0.1, 0.15) is 5.69 Å². The molecule has 1 aliphatic heterocycles. The Morgan fingerprint density at radius 2 is 2.35 bits per heavy atom. The topological polar surface area (TPSA) is 73.3 Å². The van der Waals surface area contributed by atoms with E-state index in [1.165, 1.54) is 0 Å². The molecule has 0 aromatic carbocycles. The molecule has 0 bridgehead atoms. The zero-order chi connectivity index (χ0) is 12.3. The molecule has 0 radical (unpaired) electrons. The monoisotopic (exact) mass is 257 g/mol. The van der Waals surface area contributed by atoms with Crippen molar-refractivity contribution in [2.24, 2.45) is 0 Å². The Balaban J connectivity index is 2.01. The lowest BCUT2D eigenvalue weighted by molar-refractivity contribution is -0.142. The minimum atomic E-state index is -0.619. The van der Waals surface area contributed by atoms with Gasteiger partial charge in [0.25, 0.3) is 5.91 Å². The molecule has 6 nitrogen and oxygen atoms in total. The number of hydrogen-bond donors (Lipinski definition) is 1. The zero-order valence-electron chi connectivity index (χ0n) is 9.27. The van der Waals surface area contributed by atoms with E-state index in [1.807, 2.05) is 0 Å². The van der Waals surface area contributed by atoms with Crippen LogP contribution in [-0.4, -0.2) is 41.8 Å². The van der Waals surface area contributed by atoms with Crippen LogP contribution in [0.3, 0.4) is 0 Å². The fraction of sp³-hybridized carbons (Fsp3) is 0.500. The lowest BCUT2D eigenvalue weighted by Crippen LogP contribution is -2.39. The molecule has 7 heteroatoms. The van der Waals surface area contributed by atoms with E-state index in [9.17, 15) is 4.79 Å². The van der Waals surface area contributed by atoms with Crippen molar-refractivity contribution in [2.75, 3.05) is 25.1 Å². The fourth-order valence-electron chi connectivity index (χ4n) is 1.42. The molecule has 2 heterocycles. The Kier molecular flexibility index (Phi) is 3.88. The third-order valence-electron chi connectivity index (χ3n) is 2.17. The largest absolute Gasteiger partial charge is 0.376 e. The maximum atomic E-state index is 11.8. The zero-order valence-corrected chi connectivity index (χ0v) is 10.0. The lowest BCUT2D eigenvalue weighted by Gasteiger charge is -2.21. The molecule has 1 fully saturated rings. The van der Waals surface area contributed by atoms with Gasteiger partial charge in [0.2, 0.25) is 5.95 Å². The number of amides is 1. The van der Waals surface area contributed by atoms with Crippen LogP contribution >= 0.6 is 11.6 Å². The van der Waals surface area contributed by atoms with Gasteiger partial charge in [-0.2, -0.15) is 0 Å². The summed E-state index contributed by atoms with van der Waals surface area (Å²) in [5.74, 6) is -0.152. The van der Waals surface area contributed by atoms with Gasteiger partial charge >= 0.3 is 0 Å². The SMILES string of the molecule is Cc1cc(Cl)nc(NC(=O)C2COCCO2)n1. The van der Waals surface area contributed by atoms with Crippen LogP contribution in [0.2, 0.25) is 5.15 Å². The van der Waals surface area contributed by atoms with Crippen LogP contribution in [0.4, 0.5) is 5.95 Å². The molecule has 0 aliphatic carbocycles. The molecule has 0 spiro atoms. The molecular formula is C10H12ClN3O3. The predicted molar refractivity (Wildman–Crippen MR) is 61.0 cm³/mol. The van der Waals surface area contributed by atoms with Gasteiger partial charge in [0, 0.05) is 5.69 Å². The molecule has 1 aromatic heterocycles. The van der Waals surface area contributed by atoms with Gasteiger partial charge in [-0.15, -0.1) is 0 Å². The third-order valence-corrected chi connectivity index (χ3v) is 2.36. The number of anilines is 1. The summed E-state index contributed by atoms with van der Waals surface area (Å²) in [4.78, 5) is 19.7. The maximum Gasteiger partial charge on any atom is 0.258 e. The highest BCUT2D eigenvalue weighted by atomic mass is 35.5. The van der Waals surface area contributed by atoms with Crippen LogP contribution in [-0.2, 0) is 14.3 Å². The third kappa shape index (κ3) is 3.36. The quantitative estimate of drug-likeness (QED) is 0.793. The van der Waals surface area contributed by atoms with Gasteiger partial charge in [-0.25, -0.2) is 9.97 Å². The second-order valence-corrected chi connectivity index (χ2v) is 3.97. The molecule has 1 aromatic rings. The molecule has 2 rings (SSSR count). The first-order valence-corrected chi connectivity index (χ1v) is 5.54. The van der Waals surface area contributed by atoms with Crippen molar-refractivity contribution in [1.82, 2.24) is 9.97 Å². The summed E-state index contributed by atoms with van der Waals surface area (Å²) in [7, 11) is 0. The van der Waals surface area contributed by atoms with Gasteiger partial charge in [0.1, 0.15) is 5.15 Å². The van der Waals surface area contributed by atoms with Crippen LogP contribution in [0, 0.1) is 6.92 Å². The molecule has 17 heavy (non-hydrogen) atoms. The first-order valence-electron chi connectivity index (χ1n) is 5.16. The average Bonchev–Trinajstić information content (AvgIpc) is 2.28. The van der Waals surface area contributed by atoms with Crippen molar-refractivity contribution in [3.63, 3.8) is 0 Å². The van der Waals surface area contributed by atoms with E-state index in [-0.39, 0.29) is 23.6 Å². The van der Waals surface area contributed by atoms with Crippen molar-refractivity contribution in [3.8, 4) is 0 Å². The van der Waals surface area contributed by atoms with Crippen molar-refractivity contribution >= 4 is 23.5 Å². The number of rotatable bonds is 2. The number of carbonyl (C=O) groups excluding carboxylic acids is 1. The summed E-state index contributed by atoms with van der Waals surface area (Å²) < 4.78 is 10.4. The number of ether oxygens (including phenoxy) is 2. The number of halogens is 1. The first kappa shape index (κ1) is 12.2. The number of aromatic nitrogens is 2. The highest BCUT2D eigenvalue weighted by Gasteiger charge is 2.23. The van der Waals surface area contributed by atoms with Gasteiger partial charge in [0.05, 0.1) is 19.8 Å². The maximum absolute atomic E-state index is 11.8. The second kappa shape index (κ2) is 5.39. The van der Waals surface area contributed by atoms with Gasteiger partial charge in [-0.05, 0) is 13.0 Å². The van der Waals surface area contributed by atoms with Crippen LogP contribution in [0.5, 0.6) is 0 Å². The molecule has 0 saturated carbocycles. The molecule has 1 unspecified atom stereocenters. The van der Waals surface area contributed by atoms with Crippen molar-refractivity contribution in [2.45, 2.75) is 13.0 Å². The fourth-order valence-corrected chi connectivity index (χ4v) is 1.65. The molecule has 92 valence electrons. The average molecular weight is 258 g/mol. The highest BCUT2D eigenvalue weighted by Crippen LogP contribution is 2.10. The molecule has 1 aliphatic rings. The highest BCUT2D eigenvalue weighted by molar-refractivity contribution is 6.29. The summed E-state index contributed by atoms with van der Waals surface area (Å²) in [5.41, 5.74) is 0.682. The van der Waals surface area contributed by atoms with Gasteiger partial charge in [0.15, 0.2) is 6.10 Å². The Hall–Kier alpha value is -1.24. The normalized spacial score (nSPS) is 20.0. The molecule has 1 saturated heterocycles. The van der Waals surface area contributed by atoms with E-state index < -0.39 is 6.10 Å². The van der Waals surface area contributed by atoms with E-state index >= 15 is 0 Å². The van der Waals surface area contributed by atoms with Crippen molar-refractivity contribution in [1.29, 1.82) is 0 Å². The number of carbonyl (C=O) groups is 1. The standard InChI is InChI=1S/C10H12ClN3O3/c1-6-4-8(11)13-10(12-6)14-9(15)7-5-16-2-3-17-7/h4,7H,2-3,5H2,1H3,(H,12,13,14,15). The second-order valence-electron chi connectivity index (χ2n) is 3.58. The van der Waals surface area contributed by atoms with Crippen molar-refractivity contribution in [3.05, 3.63) is 16.9 Å². The number of nitrogens with one attached hydrogen (secondary N) is 1. The molecule has 1 N–H and O–H groups in total. The molecule has 1 amide bonds. The first-order chi connectivity index (χ1) is 8.15. The van der Waals surface area contributed by atoms with E-state index in [1.54, 1.807) is 13.0 Å². The molecule has 1 atom stereocenters. The van der Waals surface area contributed by atoms with Crippen LogP contribution in [0.25, 0.3) is 0 Å². The van der Waals surface area contributed by atoms with E-state index in [0.29, 0.717) is 18.9 Å². The summed E-state index contributed by atoms with van der Waals surface area (Å²) in [5, 5.41) is 2.83. The Morgan fingerprint density at radius 1 is 1.53 bits per heavy atom. The minimum absolute atomic E-state index is 0.175. The summed E-state index contributed by atoms with van der Waals surface area (Å²) in [6, 6.07) is 1.61. The number of nitrogens with zero attached hydrogens (tertiary/aromatic N) is 2. The van der Waals surface area contributed by atoms with E-state index in [4.69, 9.17) is 21.1 Å². The summed E-state index contributed by atoms with van der Waals surface area (Å²) >= 11 is 5.76. The van der Waals surface area contributed by atoms with Gasteiger partial charge in [-0.1, -0.05) is 11.6 Å². The predicted octanol–water partition coefficient (Wildman–Crippen LogP) is 0.792. The lowest BCUT2D eigenvalue weighted by atomic mass is 10.3. The molecular weight excluding hydrogens is 246 g/mol. The number of aryl methyl sites for hydroxylation is 1. The Bertz CT molecular complexity index is 401. The summed E-state index contributed by atoms with van der Waals surface area (Å²) in [6.45, 7) is 2.93. The van der Waals surface area contributed by atoms with E-state index in [0.717, 1.165) is 0 Å². The van der Waals surface area contributed by atoms with Crippen LogP contribution in [0.15, 0.2) is 6.07 Å².